The summed E-state index contributed by atoms with van der Waals surface area (Å²) >= 11 is 0. The van der Waals surface area contributed by atoms with E-state index in [-0.39, 0.29) is 11.8 Å². The van der Waals surface area contributed by atoms with Crippen molar-refractivity contribution in [3.63, 3.8) is 0 Å². The topological polar surface area (TPSA) is 93.7 Å². The molecule has 2 amide bonds. The molecule has 0 spiro atoms. The van der Waals surface area contributed by atoms with E-state index >= 15 is 0 Å². The molecule has 1 unspecified atom stereocenters. The molecule has 1 saturated heterocycles. The summed E-state index contributed by atoms with van der Waals surface area (Å²) in [7, 11) is 4.00. The molecule has 1 fully saturated rings. The van der Waals surface area contributed by atoms with Crippen LogP contribution in [0.1, 0.15) is 24.0 Å². The summed E-state index contributed by atoms with van der Waals surface area (Å²) in [4.78, 5) is 26.1. The van der Waals surface area contributed by atoms with Gasteiger partial charge in [-0.3, -0.25) is 9.59 Å². The predicted molar refractivity (Wildman–Crippen MR) is 122 cm³/mol. The summed E-state index contributed by atoms with van der Waals surface area (Å²) in [5.41, 5.74) is 3.27. The minimum Gasteiger partial charge on any atom is -0.390 e. The van der Waals surface area contributed by atoms with Crippen molar-refractivity contribution < 1.29 is 14.7 Å². The van der Waals surface area contributed by atoms with Crippen molar-refractivity contribution in [3.05, 3.63) is 65.7 Å². The Morgan fingerprint density at radius 2 is 1.90 bits per heavy atom. The molecule has 0 aromatic heterocycles. The van der Waals surface area contributed by atoms with Crippen LogP contribution in [-0.2, 0) is 22.6 Å². The lowest BCUT2D eigenvalue weighted by Gasteiger charge is -2.26. The normalized spacial score (nSPS) is 17.6. The van der Waals surface area contributed by atoms with Gasteiger partial charge in [0.05, 0.1) is 12.1 Å². The Labute approximate surface area is 183 Å². The Hall–Kier alpha value is -2.90. The van der Waals surface area contributed by atoms with Gasteiger partial charge in [-0.2, -0.15) is 0 Å². The van der Waals surface area contributed by atoms with Crippen molar-refractivity contribution in [2.24, 2.45) is 0 Å². The van der Waals surface area contributed by atoms with Crippen LogP contribution in [-0.4, -0.2) is 55.7 Å². The molecule has 3 atom stereocenters. The second-order valence-electron chi connectivity index (χ2n) is 8.23. The van der Waals surface area contributed by atoms with E-state index in [9.17, 15) is 14.7 Å². The van der Waals surface area contributed by atoms with Crippen molar-refractivity contribution in [2.75, 3.05) is 25.5 Å². The molecule has 0 aliphatic carbocycles. The Balaban J connectivity index is 1.59. The molecule has 7 nitrogen and oxygen atoms in total. The summed E-state index contributed by atoms with van der Waals surface area (Å²) < 4.78 is 0. The van der Waals surface area contributed by atoms with Crippen LogP contribution in [0.2, 0.25) is 0 Å². The highest BCUT2D eigenvalue weighted by molar-refractivity contribution is 5.90. The van der Waals surface area contributed by atoms with Gasteiger partial charge < -0.3 is 26.0 Å². The van der Waals surface area contributed by atoms with Crippen LogP contribution in [0.25, 0.3) is 0 Å². The van der Waals surface area contributed by atoms with E-state index in [1.54, 1.807) is 0 Å². The van der Waals surface area contributed by atoms with Crippen LogP contribution < -0.4 is 20.9 Å². The SMILES string of the molecule is CN(C)c1cccc(CNC[C@@H](O)C(Cc2ccccc2)NC(=O)[C@@H]2CCC(=O)N2)c1. The Morgan fingerprint density at radius 1 is 1.16 bits per heavy atom. The number of rotatable bonds is 10. The third kappa shape index (κ3) is 6.80. The maximum atomic E-state index is 12.6. The molecule has 1 aliphatic heterocycles. The van der Waals surface area contributed by atoms with Gasteiger partial charge in [-0.1, -0.05) is 42.5 Å². The molecule has 7 heteroatoms. The Bertz CT molecular complexity index is 872. The third-order valence-corrected chi connectivity index (χ3v) is 5.51. The largest absolute Gasteiger partial charge is 0.390 e. The summed E-state index contributed by atoms with van der Waals surface area (Å²) in [6, 6.07) is 17.0. The van der Waals surface area contributed by atoms with Crippen LogP contribution >= 0.6 is 0 Å². The van der Waals surface area contributed by atoms with Crippen LogP contribution in [0.3, 0.4) is 0 Å². The number of benzene rings is 2. The molecule has 0 radical (unpaired) electrons. The highest BCUT2D eigenvalue weighted by Gasteiger charge is 2.30. The second-order valence-corrected chi connectivity index (χ2v) is 8.23. The minimum absolute atomic E-state index is 0.109. The standard InChI is InChI=1S/C24H32N4O3/c1-28(2)19-10-6-9-18(13-19)15-25-16-22(29)21(14-17-7-4-3-5-8-17)27-24(31)20-11-12-23(30)26-20/h3-10,13,20-22,25,29H,11-12,14-16H2,1-2H3,(H,26,30)(H,27,31)/t20-,21?,22+/m0/s1. The van der Waals surface area contributed by atoms with Gasteiger partial charge in [-0.25, -0.2) is 0 Å². The molecule has 3 rings (SSSR count). The Morgan fingerprint density at radius 3 is 2.58 bits per heavy atom. The highest BCUT2D eigenvalue weighted by Crippen LogP contribution is 2.14. The molecule has 0 saturated carbocycles. The number of amides is 2. The van der Waals surface area contributed by atoms with Crippen LogP contribution in [0.5, 0.6) is 0 Å². The van der Waals surface area contributed by atoms with Gasteiger partial charge in [0.15, 0.2) is 0 Å². The van der Waals surface area contributed by atoms with Crippen molar-refractivity contribution >= 4 is 17.5 Å². The van der Waals surface area contributed by atoms with E-state index in [2.05, 4.69) is 22.0 Å². The predicted octanol–water partition coefficient (Wildman–Crippen LogP) is 1.21. The first-order valence-corrected chi connectivity index (χ1v) is 10.7. The number of hydrogen-bond acceptors (Lipinski definition) is 5. The molecular formula is C24H32N4O3. The van der Waals surface area contributed by atoms with Crippen molar-refractivity contribution in [1.29, 1.82) is 0 Å². The van der Waals surface area contributed by atoms with E-state index < -0.39 is 18.2 Å². The van der Waals surface area contributed by atoms with Crippen molar-refractivity contribution in [2.45, 2.75) is 44.0 Å². The molecule has 1 heterocycles. The lowest BCUT2D eigenvalue weighted by molar-refractivity contribution is -0.126. The number of anilines is 1. The number of nitrogens with one attached hydrogen (secondary N) is 3. The molecule has 4 N–H and O–H groups in total. The number of hydrogen-bond donors (Lipinski definition) is 4. The van der Waals surface area contributed by atoms with Crippen molar-refractivity contribution in [3.8, 4) is 0 Å². The Kier molecular flexibility index (Phi) is 8.03. The van der Waals surface area contributed by atoms with Crippen LogP contribution in [0, 0.1) is 0 Å². The number of nitrogens with zero attached hydrogens (tertiary/aromatic N) is 1. The summed E-state index contributed by atoms with van der Waals surface area (Å²) in [6.07, 6.45) is 0.571. The molecule has 2 aromatic carbocycles. The van der Waals surface area contributed by atoms with E-state index in [0.717, 1.165) is 16.8 Å². The molecule has 1 aliphatic rings. The molecule has 2 aromatic rings. The average molecular weight is 425 g/mol. The van der Waals surface area contributed by atoms with Gasteiger partial charge in [-0.15, -0.1) is 0 Å². The summed E-state index contributed by atoms with van der Waals surface area (Å²) in [6.45, 7) is 0.949. The zero-order valence-corrected chi connectivity index (χ0v) is 18.2. The molecule has 31 heavy (non-hydrogen) atoms. The van der Waals surface area contributed by atoms with Crippen LogP contribution in [0.4, 0.5) is 5.69 Å². The lowest BCUT2D eigenvalue weighted by Crippen LogP contribution is -2.53. The molecule has 0 bridgehead atoms. The first-order chi connectivity index (χ1) is 14.9. The molecular weight excluding hydrogens is 392 g/mol. The fourth-order valence-electron chi connectivity index (χ4n) is 3.70. The van der Waals surface area contributed by atoms with E-state index in [1.807, 2.05) is 67.5 Å². The zero-order chi connectivity index (χ0) is 22.2. The van der Waals surface area contributed by atoms with E-state index in [1.165, 1.54) is 0 Å². The number of aliphatic hydroxyl groups is 1. The van der Waals surface area contributed by atoms with E-state index in [4.69, 9.17) is 0 Å². The fraction of sp³-hybridized carbons (Fsp3) is 0.417. The maximum Gasteiger partial charge on any atom is 0.242 e. The maximum absolute atomic E-state index is 12.6. The van der Waals surface area contributed by atoms with Gasteiger partial charge in [0, 0.05) is 39.3 Å². The lowest BCUT2D eigenvalue weighted by atomic mass is 10.00. The smallest absolute Gasteiger partial charge is 0.242 e. The average Bonchev–Trinajstić information content (AvgIpc) is 3.20. The van der Waals surface area contributed by atoms with Gasteiger partial charge in [0.1, 0.15) is 6.04 Å². The monoisotopic (exact) mass is 424 g/mol. The highest BCUT2D eigenvalue weighted by atomic mass is 16.3. The fourth-order valence-corrected chi connectivity index (χ4v) is 3.70. The third-order valence-electron chi connectivity index (χ3n) is 5.51. The van der Waals surface area contributed by atoms with E-state index in [0.29, 0.717) is 32.4 Å². The quantitative estimate of drug-likeness (QED) is 0.460. The second kappa shape index (κ2) is 10.9. The first kappa shape index (κ1) is 22.8. The van der Waals surface area contributed by atoms with Gasteiger partial charge in [0.25, 0.3) is 0 Å². The zero-order valence-electron chi connectivity index (χ0n) is 18.2. The number of aliphatic hydroxyl groups excluding tert-OH is 1. The minimum atomic E-state index is -0.779. The first-order valence-electron chi connectivity index (χ1n) is 10.7. The van der Waals surface area contributed by atoms with Gasteiger partial charge in [-0.05, 0) is 36.1 Å². The number of carbonyl (C=O) groups excluding carboxylic acids is 2. The number of carbonyl (C=O) groups is 2. The molecule has 166 valence electrons. The van der Waals surface area contributed by atoms with Gasteiger partial charge in [0.2, 0.25) is 11.8 Å². The summed E-state index contributed by atoms with van der Waals surface area (Å²) in [5.74, 6) is -0.355. The van der Waals surface area contributed by atoms with Crippen molar-refractivity contribution in [1.82, 2.24) is 16.0 Å². The summed E-state index contributed by atoms with van der Waals surface area (Å²) in [5, 5.41) is 19.8. The van der Waals surface area contributed by atoms with Gasteiger partial charge >= 0.3 is 0 Å². The van der Waals surface area contributed by atoms with Crippen LogP contribution in [0.15, 0.2) is 54.6 Å².